The minimum Gasteiger partial charge on any atom is -0.449 e. The first-order chi connectivity index (χ1) is 14.3. The van der Waals surface area contributed by atoms with Crippen LogP contribution in [0.25, 0.3) is 0 Å². The Morgan fingerprint density at radius 3 is 2.70 bits per heavy atom. The smallest absolute Gasteiger partial charge is 0.340 e. The van der Waals surface area contributed by atoms with Crippen LogP contribution in [0.5, 0.6) is 0 Å². The largest absolute Gasteiger partial charge is 0.449 e. The van der Waals surface area contributed by atoms with E-state index in [2.05, 4.69) is 10.5 Å². The molecule has 0 saturated heterocycles. The first kappa shape index (κ1) is 22.2. The molecule has 0 bridgehead atoms. The van der Waals surface area contributed by atoms with Crippen LogP contribution in [0.3, 0.4) is 0 Å². The molecule has 0 radical (unpaired) electrons. The summed E-state index contributed by atoms with van der Waals surface area (Å²) in [7, 11) is 0. The zero-order chi connectivity index (χ0) is 21.7. The predicted octanol–water partition coefficient (Wildman–Crippen LogP) is 5.77. The van der Waals surface area contributed by atoms with E-state index < -0.39 is 18.0 Å². The first-order valence-corrected chi connectivity index (χ1v) is 10.7. The highest BCUT2D eigenvalue weighted by molar-refractivity contribution is 7.98. The van der Waals surface area contributed by atoms with Gasteiger partial charge >= 0.3 is 5.97 Å². The third-order valence-electron chi connectivity index (χ3n) is 4.02. The molecule has 9 heteroatoms. The van der Waals surface area contributed by atoms with E-state index in [1.165, 1.54) is 18.7 Å². The summed E-state index contributed by atoms with van der Waals surface area (Å²) >= 11 is 13.5. The van der Waals surface area contributed by atoms with Crippen LogP contribution in [0, 0.1) is 6.92 Å². The fourth-order valence-electron chi connectivity index (χ4n) is 2.51. The fraction of sp³-hybridized carbons (Fsp3) is 0.190. The summed E-state index contributed by atoms with van der Waals surface area (Å²) in [4.78, 5) is 25.8. The molecule has 0 aliphatic heterocycles. The van der Waals surface area contributed by atoms with Gasteiger partial charge in [-0.1, -0.05) is 46.6 Å². The Morgan fingerprint density at radius 2 is 1.97 bits per heavy atom. The second-order valence-electron chi connectivity index (χ2n) is 6.36. The molecule has 0 fully saturated rings. The lowest BCUT2D eigenvalue weighted by molar-refractivity contribution is -0.123. The number of ether oxygens (including phenoxy) is 1. The van der Waals surface area contributed by atoms with Gasteiger partial charge in [0.1, 0.15) is 5.76 Å². The number of aryl methyl sites for hydroxylation is 1. The maximum Gasteiger partial charge on any atom is 0.340 e. The molecule has 0 aliphatic carbocycles. The monoisotopic (exact) mass is 464 g/mol. The average molecular weight is 465 g/mol. The highest BCUT2D eigenvalue weighted by Crippen LogP contribution is 2.30. The summed E-state index contributed by atoms with van der Waals surface area (Å²) in [6.45, 7) is 3.32. The summed E-state index contributed by atoms with van der Waals surface area (Å²) in [5.41, 5.74) is 1.49. The van der Waals surface area contributed by atoms with E-state index >= 15 is 0 Å². The molecule has 1 heterocycles. The van der Waals surface area contributed by atoms with Crippen LogP contribution in [0.2, 0.25) is 10.0 Å². The van der Waals surface area contributed by atoms with Gasteiger partial charge in [-0.25, -0.2) is 4.79 Å². The Hall–Kier alpha value is -2.48. The molecule has 156 valence electrons. The lowest BCUT2D eigenvalue weighted by Crippen LogP contribution is -2.30. The van der Waals surface area contributed by atoms with E-state index in [1.807, 2.05) is 19.1 Å². The molecule has 1 atom stereocenters. The number of thioether (sulfide) groups is 1. The maximum atomic E-state index is 12.7. The Labute approximate surface area is 187 Å². The molecule has 1 N–H and O–H groups in total. The van der Waals surface area contributed by atoms with Crippen molar-refractivity contribution in [3.05, 3.63) is 75.6 Å². The Kier molecular flexibility index (Phi) is 7.42. The number of amides is 1. The molecule has 0 spiro atoms. The van der Waals surface area contributed by atoms with E-state index in [0.717, 1.165) is 5.69 Å². The quantitative estimate of drug-likeness (QED) is 0.353. The van der Waals surface area contributed by atoms with Crippen LogP contribution >= 0.6 is 35.0 Å². The summed E-state index contributed by atoms with van der Waals surface area (Å²) in [5.74, 6) is 0.0855. The SMILES string of the molecule is Cc1cc(CSc2ccccc2C(=O)OC(C)C(=O)Nc2cccc(Cl)c2Cl)on1. The number of halogens is 2. The van der Waals surface area contributed by atoms with Crippen molar-refractivity contribution in [3.63, 3.8) is 0 Å². The van der Waals surface area contributed by atoms with Crippen molar-refractivity contribution in [1.82, 2.24) is 5.16 Å². The second-order valence-corrected chi connectivity index (χ2v) is 8.16. The number of aromatic nitrogens is 1. The van der Waals surface area contributed by atoms with E-state index in [1.54, 1.807) is 36.4 Å². The Balaban J connectivity index is 1.65. The van der Waals surface area contributed by atoms with Crippen LogP contribution in [0.1, 0.15) is 28.7 Å². The van der Waals surface area contributed by atoms with Gasteiger partial charge in [-0.05, 0) is 38.1 Å². The van der Waals surface area contributed by atoms with Gasteiger partial charge in [0.05, 0.1) is 32.7 Å². The molecule has 0 aliphatic rings. The molecular formula is C21H18Cl2N2O4S. The summed E-state index contributed by atoms with van der Waals surface area (Å²) in [5, 5.41) is 6.99. The van der Waals surface area contributed by atoms with Crippen molar-refractivity contribution in [2.24, 2.45) is 0 Å². The number of anilines is 1. The lowest BCUT2D eigenvalue weighted by atomic mass is 10.2. The van der Waals surface area contributed by atoms with E-state index in [0.29, 0.717) is 32.7 Å². The Morgan fingerprint density at radius 1 is 1.20 bits per heavy atom. The predicted molar refractivity (Wildman–Crippen MR) is 117 cm³/mol. The normalized spacial score (nSPS) is 11.7. The molecule has 2 aromatic carbocycles. The fourth-order valence-corrected chi connectivity index (χ4v) is 3.77. The van der Waals surface area contributed by atoms with Crippen molar-refractivity contribution in [1.29, 1.82) is 0 Å². The van der Waals surface area contributed by atoms with Gasteiger partial charge in [0, 0.05) is 11.0 Å². The molecule has 1 amide bonds. The minimum absolute atomic E-state index is 0.218. The van der Waals surface area contributed by atoms with Crippen molar-refractivity contribution in [2.45, 2.75) is 30.6 Å². The van der Waals surface area contributed by atoms with Crippen molar-refractivity contribution < 1.29 is 18.8 Å². The number of carbonyl (C=O) groups is 2. The lowest BCUT2D eigenvalue weighted by Gasteiger charge is -2.15. The number of rotatable bonds is 7. The number of carbonyl (C=O) groups excluding carboxylic acids is 2. The number of benzene rings is 2. The third-order valence-corrected chi connectivity index (χ3v) is 5.93. The average Bonchev–Trinajstić information content (AvgIpc) is 3.15. The van der Waals surface area contributed by atoms with Gasteiger partial charge in [-0.3, -0.25) is 4.79 Å². The molecule has 6 nitrogen and oxygen atoms in total. The summed E-state index contributed by atoms with van der Waals surface area (Å²) in [6, 6.07) is 13.7. The van der Waals surface area contributed by atoms with Gasteiger partial charge in [-0.15, -0.1) is 11.8 Å². The first-order valence-electron chi connectivity index (χ1n) is 8.95. The van der Waals surface area contributed by atoms with Gasteiger partial charge in [0.25, 0.3) is 5.91 Å². The Bertz CT molecular complexity index is 1070. The highest BCUT2D eigenvalue weighted by Gasteiger charge is 2.22. The third kappa shape index (κ3) is 5.56. The molecule has 0 saturated carbocycles. The van der Waals surface area contributed by atoms with Gasteiger partial charge in [-0.2, -0.15) is 0 Å². The summed E-state index contributed by atoms with van der Waals surface area (Å²) in [6.07, 6.45) is -1.04. The standard InChI is InChI=1S/C21H18Cl2N2O4S/c1-12-10-14(29-25-12)11-30-18-9-4-3-6-15(18)21(27)28-13(2)20(26)24-17-8-5-7-16(22)19(17)23/h3-10,13H,11H2,1-2H3,(H,24,26). The molecule has 1 aromatic heterocycles. The van der Waals surface area contributed by atoms with Crippen LogP contribution < -0.4 is 5.32 Å². The molecular weight excluding hydrogens is 447 g/mol. The minimum atomic E-state index is -1.04. The highest BCUT2D eigenvalue weighted by atomic mass is 35.5. The zero-order valence-corrected chi connectivity index (χ0v) is 18.5. The topological polar surface area (TPSA) is 81.4 Å². The van der Waals surface area contributed by atoms with Crippen LogP contribution in [-0.4, -0.2) is 23.1 Å². The number of nitrogens with zero attached hydrogens (tertiary/aromatic N) is 1. The van der Waals surface area contributed by atoms with Crippen LogP contribution in [0.4, 0.5) is 5.69 Å². The number of hydrogen-bond donors (Lipinski definition) is 1. The van der Waals surface area contributed by atoms with Gasteiger partial charge in [0.15, 0.2) is 6.10 Å². The van der Waals surface area contributed by atoms with Crippen molar-refractivity contribution in [2.75, 3.05) is 5.32 Å². The number of esters is 1. The maximum absolute atomic E-state index is 12.7. The van der Waals surface area contributed by atoms with E-state index in [4.69, 9.17) is 32.5 Å². The second kappa shape index (κ2) is 10.0. The molecule has 1 unspecified atom stereocenters. The molecule has 3 aromatic rings. The van der Waals surface area contributed by atoms with Crippen molar-refractivity contribution >= 4 is 52.5 Å². The van der Waals surface area contributed by atoms with E-state index in [9.17, 15) is 9.59 Å². The van der Waals surface area contributed by atoms with Crippen LogP contribution in [0.15, 0.2) is 57.9 Å². The summed E-state index contributed by atoms with van der Waals surface area (Å²) < 4.78 is 10.6. The van der Waals surface area contributed by atoms with Gasteiger partial charge < -0.3 is 14.6 Å². The molecule has 3 rings (SSSR count). The van der Waals surface area contributed by atoms with Crippen LogP contribution in [-0.2, 0) is 15.3 Å². The van der Waals surface area contributed by atoms with E-state index in [-0.39, 0.29) is 5.02 Å². The van der Waals surface area contributed by atoms with Gasteiger partial charge in [0.2, 0.25) is 0 Å². The van der Waals surface area contributed by atoms with Crippen molar-refractivity contribution in [3.8, 4) is 0 Å². The number of hydrogen-bond acceptors (Lipinski definition) is 6. The molecule has 30 heavy (non-hydrogen) atoms. The zero-order valence-electron chi connectivity index (χ0n) is 16.1. The number of nitrogens with one attached hydrogen (secondary N) is 1.